The van der Waals surface area contributed by atoms with E-state index in [0.29, 0.717) is 0 Å². The Morgan fingerprint density at radius 3 is 1.22 bits per heavy atom. The predicted molar refractivity (Wildman–Crippen MR) is 150 cm³/mol. The number of aryl methyl sites for hydroxylation is 2. The summed E-state index contributed by atoms with van der Waals surface area (Å²) in [6, 6.07) is 4.70. The molecular formula is C30H48S2. The molecule has 0 bridgehead atoms. The van der Waals surface area contributed by atoms with E-state index in [1.165, 1.54) is 125 Å². The van der Waals surface area contributed by atoms with E-state index in [0.717, 1.165) is 0 Å². The van der Waals surface area contributed by atoms with Crippen molar-refractivity contribution in [2.24, 2.45) is 0 Å². The average molecular weight is 473 g/mol. The summed E-state index contributed by atoms with van der Waals surface area (Å²) >= 11 is 3.81. The van der Waals surface area contributed by atoms with Crippen molar-refractivity contribution in [1.29, 1.82) is 0 Å². The van der Waals surface area contributed by atoms with Crippen molar-refractivity contribution < 1.29 is 0 Å². The van der Waals surface area contributed by atoms with Crippen LogP contribution in [-0.2, 0) is 12.8 Å². The molecule has 0 atom stereocenters. The monoisotopic (exact) mass is 472 g/mol. The Kier molecular flexibility index (Phi) is 15.9. The van der Waals surface area contributed by atoms with E-state index >= 15 is 0 Å². The minimum Gasteiger partial charge on any atom is -0.144 e. The van der Waals surface area contributed by atoms with Crippen LogP contribution in [-0.4, -0.2) is 0 Å². The number of rotatable bonds is 20. The third kappa shape index (κ3) is 11.8. The highest BCUT2D eigenvalue weighted by Crippen LogP contribution is 2.26. The van der Waals surface area contributed by atoms with E-state index in [-0.39, 0.29) is 0 Å². The van der Waals surface area contributed by atoms with Gasteiger partial charge in [-0.15, -0.1) is 22.7 Å². The molecule has 0 saturated carbocycles. The molecule has 0 N–H and O–H groups in total. The van der Waals surface area contributed by atoms with Crippen molar-refractivity contribution in [1.82, 2.24) is 0 Å². The lowest BCUT2D eigenvalue weighted by Gasteiger charge is -2.03. The van der Waals surface area contributed by atoms with Crippen LogP contribution in [0, 0.1) is 0 Å². The van der Waals surface area contributed by atoms with Gasteiger partial charge in [-0.25, -0.2) is 0 Å². The molecule has 0 unspecified atom stereocenters. The summed E-state index contributed by atoms with van der Waals surface area (Å²) in [4.78, 5) is 2.94. The van der Waals surface area contributed by atoms with Crippen LogP contribution in [0.3, 0.4) is 0 Å². The van der Waals surface area contributed by atoms with Crippen LogP contribution >= 0.6 is 22.7 Å². The molecule has 0 radical (unpaired) electrons. The Labute approximate surface area is 207 Å². The molecule has 0 aliphatic rings. The third-order valence-corrected chi connectivity index (χ3v) is 8.40. The lowest BCUT2D eigenvalue weighted by atomic mass is 10.0. The van der Waals surface area contributed by atoms with Crippen molar-refractivity contribution in [2.75, 3.05) is 0 Å². The predicted octanol–water partition coefficient (Wildman–Crippen LogP) is 11.3. The molecule has 180 valence electrons. The van der Waals surface area contributed by atoms with E-state index in [1.54, 1.807) is 11.1 Å². The summed E-state index contributed by atoms with van der Waals surface area (Å²) in [6.07, 6.45) is 29.6. The molecular weight excluding hydrogens is 424 g/mol. The number of hydrogen-bond acceptors (Lipinski definition) is 2. The Bertz CT molecular complexity index is 646. The van der Waals surface area contributed by atoms with Gasteiger partial charge in [-0.05, 0) is 71.9 Å². The first-order valence-corrected chi connectivity index (χ1v) is 15.4. The van der Waals surface area contributed by atoms with Gasteiger partial charge >= 0.3 is 0 Å². The van der Waals surface area contributed by atoms with Crippen LogP contribution in [0.1, 0.15) is 137 Å². The first kappa shape index (κ1) is 27.4. The van der Waals surface area contributed by atoms with Crippen LogP contribution < -0.4 is 0 Å². The molecule has 32 heavy (non-hydrogen) atoms. The fourth-order valence-corrected chi connectivity index (χ4v) is 6.14. The molecule has 0 nitrogen and oxygen atoms in total. The summed E-state index contributed by atoms with van der Waals surface area (Å²) in [7, 11) is 0. The highest BCUT2D eigenvalue weighted by molar-refractivity contribution is 7.12. The van der Waals surface area contributed by atoms with Gasteiger partial charge in [0.25, 0.3) is 0 Å². The fourth-order valence-electron chi connectivity index (χ4n) is 4.45. The van der Waals surface area contributed by atoms with E-state index < -0.39 is 0 Å². The lowest BCUT2D eigenvalue weighted by molar-refractivity contribution is 0.575. The van der Waals surface area contributed by atoms with Crippen molar-refractivity contribution in [3.8, 4) is 0 Å². The van der Waals surface area contributed by atoms with Gasteiger partial charge in [0.05, 0.1) is 0 Å². The van der Waals surface area contributed by atoms with Crippen LogP contribution in [0.4, 0.5) is 0 Å². The van der Waals surface area contributed by atoms with Crippen molar-refractivity contribution >= 4 is 34.8 Å². The molecule has 0 aliphatic heterocycles. The van der Waals surface area contributed by atoms with Crippen LogP contribution in [0.25, 0.3) is 12.2 Å². The maximum atomic E-state index is 2.38. The Balaban J connectivity index is 1.66. The maximum Gasteiger partial charge on any atom is 0.0302 e. The molecule has 0 aromatic carbocycles. The van der Waals surface area contributed by atoms with Gasteiger partial charge in [0.15, 0.2) is 0 Å². The van der Waals surface area contributed by atoms with Gasteiger partial charge in [-0.2, -0.15) is 0 Å². The van der Waals surface area contributed by atoms with Crippen molar-refractivity contribution in [3.05, 3.63) is 43.8 Å². The minimum absolute atomic E-state index is 1.24. The highest BCUT2D eigenvalue weighted by Gasteiger charge is 2.04. The molecule has 2 aromatic rings. The molecule has 0 fully saturated rings. The van der Waals surface area contributed by atoms with E-state index in [9.17, 15) is 0 Å². The zero-order chi connectivity index (χ0) is 22.7. The fraction of sp³-hybridized carbons (Fsp3) is 0.667. The van der Waals surface area contributed by atoms with Gasteiger partial charge in [0, 0.05) is 9.75 Å². The average Bonchev–Trinajstić information content (AvgIpc) is 3.45. The highest BCUT2D eigenvalue weighted by atomic mass is 32.1. The molecule has 2 aromatic heterocycles. The molecule has 2 heterocycles. The second-order valence-electron chi connectivity index (χ2n) is 9.40. The summed E-state index contributed by atoms with van der Waals surface area (Å²) in [6.45, 7) is 4.59. The largest absolute Gasteiger partial charge is 0.144 e. The maximum absolute atomic E-state index is 2.38. The molecule has 0 spiro atoms. The van der Waals surface area contributed by atoms with Gasteiger partial charge in [-0.1, -0.05) is 104 Å². The molecule has 0 aliphatic carbocycles. The Morgan fingerprint density at radius 1 is 0.500 bits per heavy atom. The topological polar surface area (TPSA) is 0 Å². The van der Waals surface area contributed by atoms with Gasteiger partial charge < -0.3 is 0 Å². The normalized spacial score (nSPS) is 11.7. The summed E-state index contributed by atoms with van der Waals surface area (Å²) in [5, 5.41) is 4.55. The van der Waals surface area contributed by atoms with E-state index in [4.69, 9.17) is 0 Å². The van der Waals surface area contributed by atoms with Crippen LogP contribution in [0.2, 0.25) is 0 Å². The molecule has 0 saturated heterocycles. The molecule has 2 rings (SSSR count). The summed E-state index contributed by atoms with van der Waals surface area (Å²) in [5.41, 5.74) is 3.11. The zero-order valence-electron chi connectivity index (χ0n) is 21.0. The first-order chi connectivity index (χ1) is 15.8. The van der Waals surface area contributed by atoms with Gasteiger partial charge in [0.2, 0.25) is 0 Å². The standard InChI is InChI=1S/C30H48S2/c1-3-5-7-9-11-13-15-17-19-27-23-25-31-29(27)21-22-30-28(24-26-32-30)20-18-16-14-12-10-8-6-4-2/h21-26H,3-20H2,1-2H3/b22-21+. The molecule has 0 amide bonds. The number of thiophene rings is 2. The quantitative estimate of drug-likeness (QED) is 0.168. The first-order valence-electron chi connectivity index (χ1n) is 13.7. The smallest absolute Gasteiger partial charge is 0.0302 e. The van der Waals surface area contributed by atoms with E-state index in [2.05, 4.69) is 48.9 Å². The lowest BCUT2D eigenvalue weighted by Crippen LogP contribution is -1.87. The number of unbranched alkanes of at least 4 members (excludes halogenated alkanes) is 14. The summed E-state index contributed by atoms with van der Waals surface area (Å²) < 4.78 is 0. The third-order valence-electron chi connectivity index (χ3n) is 6.55. The SMILES string of the molecule is CCCCCCCCCCc1ccsc1/C=C/c1sccc1CCCCCCCCCC. The minimum atomic E-state index is 1.24. The zero-order valence-corrected chi connectivity index (χ0v) is 22.6. The Hall–Kier alpha value is -0.860. The van der Waals surface area contributed by atoms with Crippen molar-refractivity contribution in [2.45, 2.75) is 129 Å². The van der Waals surface area contributed by atoms with Crippen LogP contribution in [0.5, 0.6) is 0 Å². The van der Waals surface area contributed by atoms with Gasteiger partial charge in [-0.3, -0.25) is 0 Å². The summed E-state index contributed by atoms with van der Waals surface area (Å²) in [5.74, 6) is 0. The van der Waals surface area contributed by atoms with Crippen LogP contribution in [0.15, 0.2) is 22.9 Å². The Morgan fingerprint density at radius 2 is 0.844 bits per heavy atom. The molecule has 2 heteroatoms. The second kappa shape index (κ2) is 18.6. The van der Waals surface area contributed by atoms with Gasteiger partial charge in [0.1, 0.15) is 0 Å². The van der Waals surface area contributed by atoms with Crippen molar-refractivity contribution in [3.63, 3.8) is 0 Å². The van der Waals surface area contributed by atoms with E-state index in [1.807, 2.05) is 22.7 Å². The second-order valence-corrected chi connectivity index (χ2v) is 11.3. The number of hydrogen-bond donors (Lipinski definition) is 0.